The molecule has 2 heterocycles. The Morgan fingerprint density at radius 2 is 2.04 bits per heavy atom. The third-order valence-corrected chi connectivity index (χ3v) is 4.89. The van der Waals surface area contributed by atoms with Crippen LogP contribution in [-0.2, 0) is 6.42 Å². The third kappa shape index (κ3) is 3.89. The maximum absolute atomic E-state index is 12.4. The summed E-state index contributed by atoms with van der Waals surface area (Å²) >= 11 is 7.78. The van der Waals surface area contributed by atoms with Crippen LogP contribution in [0.3, 0.4) is 0 Å². The quantitative estimate of drug-likeness (QED) is 0.511. The van der Waals surface area contributed by atoms with E-state index in [-0.39, 0.29) is 10.7 Å². The van der Waals surface area contributed by atoms with Crippen molar-refractivity contribution in [1.29, 1.82) is 0 Å². The van der Waals surface area contributed by atoms with Gasteiger partial charge in [-0.1, -0.05) is 11.6 Å². The highest BCUT2D eigenvalue weighted by molar-refractivity contribution is 7.11. The van der Waals surface area contributed by atoms with Crippen molar-refractivity contribution >= 4 is 34.3 Å². The number of nitro groups is 1. The van der Waals surface area contributed by atoms with Gasteiger partial charge >= 0.3 is 0 Å². The van der Waals surface area contributed by atoms with Crippen LogP contribution in [0.2, 0.25) is 5.02 Å². The Morgan fingerprint density at radius 3 is 2.65 bits per heavy atom. The fourth-order valence-corrected chi connectivity index (χ4v) is 3.26. The van der Waals surface area contributed by atoms with Crippen molar-refractivity contribution in [3.63, 3.8) is 0 Å². The van der Waals surface area contributed by atoms with Crippen LogP contribution in [0.15, 0.2) is 41.5 Å². The Balaban J connectivity index is 1.75. The fraction of sp³-hybridized carbons (Fsp3) is 0.188. The molecule has 0 amide bonds. The summed E-state index contributed by atoms with van der Waals surface area (Å²) in [6.45, 7) is 2.56. The number of anilines is 1. The summed E-state index contributed by atoms with van der Waals surface area (Å²) in [6, 6.07) is 5.50. The van der Waals surface area contributed by atoms with Gasteiger partial charge in [-0.2, -0.15) is 9.78 Å². The zero-order chi connectivity index (χ0) is 18.7. The molecule has 0 saturated heterocycles. The summed E-state index contributed by atoms with van der Waals surface area (Å²) in [7, 11) is 0. The summed E-state index contributed by atoms with van der Waals surface area (Å²) in [5, 5.41) is 18.9. The van der Waals surface area contributed by atoms with E-state index in [9.17, 15) is 14.9 Å². The lowest BCUT2D eigenvalue weighted by molar-refractivity contribution is -0.384. The second-order valence-corrected chi connectivity index (χ2v) is 7.10. The minimum absolute atomic E-state index is 0.00803. The molecule has 0 spiro atoms. The van der Waals surface area contributed by atoms with E-state index in [1.54, 1.807) is 11.3 Å². The number of hydrogen-bond donors (Lipinski definition) is 1. The van der Waals surface area contributed by atoms with Crippen LogP contribution >= 0.6 is 22.9 Å². The summed E-state index contributed by atoms with van der Waals surface area (Å²) in [5.74, 6) is 0. The number of nitrogens with zero attached hydrogens (tertiary/aromatic N) is 4. The number of rotatable bonds is 6. The van der Waals surface area contributed by atoms with Gasteiger partial charge in [-0.05, 0) is 19.1 Å². The lowest BCUT2D eigenvalue weighted by atomic mass is 10.3. The number of hydrogen-bond acceptors (Lipinski definition) is 7. The summed E-state index contributed by atoms with van der Waals surface area (Å²) in [5.41, 5.74) is 0.259. The molecule has 0 unspecified atom stereocenters. The molecular formula is C16H14ClN5O3S. The zero-order valence-electron chi connectivity index (χ0n) is 13.7. The number of halogens is 1. The molecule has 0 fully saturated rings. The zero-order valence-corrected chi connectivity index (χ0v) is 15.3. The molecule has 0 aliphatic heterocycles. The highest BCUT2D eigenvalue weighted by atomic mass is 35.5. The number of aryl methyl sites for hydroxylation is 1. The average Bonchev–Trinajstić information content (AvgIpc) is 3.04. The Kier molecular flexibility index (Phi) is 5.29. The first-order valence-electron chi connectivity index (χ1n) is 7.63. The Hall–Kier alpha value is -2.78. The van der Waals surface area contributed by atoms with E-state index >= 15 is 0 Å². The molecule has 2 aromatic heterocycles. The topological polar surface area (TPSA) is 103 Å². The van der Waals surface area contributed by atoms with E-state index in [1.807, 2.05) is 13.1 Å². The van der Waals surface area contributed by atoms with Crippen LogP contribution in [-0.4, -0.2) is 26.2 Å². The molecule has 3 rings (SSSR count). The molecule has 10 heteroatoms. The van der Waals surface area contributed by atoms with E-state index in [4.69, 9.17) is 11.6 Å². The van der Waals surface area contributed by atoms with E-state index < -0.39 is 10.5 Å². The van der Waals surface area contributed by atoms with Crippen LogP contribution in [0.4, 0.5) is 11.4 Å². The van der Waals surface area contributed by atoms with Crippen molar-refractivity contribution < 1.29 is 4.92 Å². The number of non-ortho nitro benzene ring substituents is 1. The predicted molar refractivity (Wildman–Crippen MR) is 101 cm³/mol. The summed E-state index contributed by atoms with van der Waals surface area (Å²) in [6.07, 6.45) is 3.98. The Bertz CT molecular complexity index is 1000. The molecule has 134 valence electrons. The van der Waals surface area contributed by atoms with Gasteiger partial charge < -0.3 is 5.32 Å². The molecule has 0 bridgehead atoms. The van der Waals surface area contributed by atoms with Gasteiger partial charge in [0.1, 0.15) is 5.02 Å². The Labute approximate surface area is 157 Å². The molecule has 0 aliphatic carbocycles. The molecule has 0 aliphatic rings. The lowest BCUT2D eigenvalue weighted by Crippen LogP contribution is -2.23. The van der Waals surface area contributed by atoms with Crippen molar-refractivity contribution in [1.82, 2.24) is 14.8 Å². The monoisotopic (exact) mass is 391 g/mol. The first kappa shape index (κ1) is 18.0. The van der Waals surface area contributed by atoms with Crippen LogP contribution < -0.4 is 10.9 Å². The van der Waals surface area contributed by atoms with Crippen LogP contribution in [0.5, 0.6) is 0 Å². The third-order valence-electron chi connectivity index (χ3n) is 3.55. The fourth-order valence-electron chi connectivity index (χ4n) is 2.28. The van der Waals surface area contributed by atoms with Crippen LogP contribution in [0.25, 0.3) is 5.69 Å². The number of aromatic nitrogens is 3. The summed E-state index contributed by atoms with van der Waals surface area (Å²) < 4.78 is 1.10. The van der Waals surface area contributed by atoms with Crippen molar-refractivity contribution in [2.45, 2.75) is 13.3 Å². The van der Waals surface area contributed by atoms with E-state index in [2.05, 4.69) is 15.4 Å². The minimum Gasteiger partial charge on any atom is -0.382 e. The normalized spacial score (nSPS) is 10.7. The van der Waals surface area contributed by atoms with Crippen molar-refractivity contribution in [2.75, 3.05) is 11.9 Å². The van der Waals surface area contributed by atoms with Gasteiger partial charge in [0.25, 0.3) is 11.2 Å². The largest absolute Gasteiger partial charge is 0.382 e. The number of thiazole rings is 1. The first-order chi connectivity index (χ1) is 12.5. The molecule has 3 aromatic rings. The molecule has 8 nitrogen and oxygen atoms in total. The molecule has 0 radical (unpaired) electrons. The van der Waals surface area contributed by atoms with E-state index in [1.165, 1.54) is 30.5 Å². The van der Waals surface area contributed by atoms with Gasteiger partial charge in [0, 0.05) is 36.2 Å². The highest BCUT2D eigenvalue weighted by Crippen LogP contribution is 2.19. The maximum atomic E-state index is 12.4. The molecular weight excluding hydrogens is 378 g/mol. The summed E-state index contributed by atoms with van der Waals surface area (Å²) in [4.78, 5) is 28.0. The number of nitro benzene ring substituents is 1. The van der Waals surface area contributed by atoms with Crippen molar-refractivity contribution in [3.8, 4) is 5.69 Å². The Morgan fingerprint density at radius 1 is 1.31 bits per heavy atom. The van der Waals surface area contributed by atoms with Crippen LogP contribution in [0.1, 0.15) is 9.88 Å². The SMILES string of the molecule is Cc1cnc(CCNc2cnn(-c3ccc([N+](=O)[O-])cc3)c(=O)c2Cl)s1. The van der Waals surface area contributed by atoms with Gasteiger partial charge in [0.2, 0.25) is 0 Å². The van der Waals surface area contributed by atoms with Gasteiger partial charge in [0.15, 0.2) is 0 Å². The smallest absolute Gasteiger partial charge is 0.292 e. The van der Waals surface area contributed by atoms with Gasteiger partial charge in [-0.3, -0.25) is 14.9 Å². The number of nitrogens with one attached hydrogen (secondary N) is 1. The second-order valence-electron chi connectivity index (χ2n) is 5.40. The molecule has 0 atom stereocenters. The second kappa shape index (κ2) is 7.63. The van der Waals surface area contributed by atoms with Crippen LogP contribution in [0, 0.1) is 17.0 Å². The average molecular weight is 392 g/mol. The predicted octanol–water partition coefficient (Wildman–Crippen LogP) is 3.21. The van der Waals surface area contributed by atoms with Gasteiger partial charge in [0.05, 0.1) is 27.5 Å². The van der Waals surface area contributed by atoms with E-state index in [0.717, 1.165) is 14.6 Å². The maximum Gasteiger partial charge on any atom is 0.292 e. The van der Waals surface area contributed by atoms with Gasteiger partial charge in [-0.25, -0.2) is 4.98 Å². The number of benzene rings is 1. The van der Waals surface area contributed by atoms with Crippen molar-refractivity contribution in [3.05, 3.63) is 72.0 Å². The lowest BCUT2D eigenvalue weighted by Gasteiger charge is -2.09. The molecule has 0 saturated carbocycles. The standard InChI is InChI=1S/C16H14ClN5O3S/c1-10-8-19-14(26-10)6-7-18-13-9-20-21(16(23)15(13)17)11-2-4-12(5-3-11)22(24)25/h2-5,8-9,18H,6-7H2,1H3. The van der Waals surface area contributed by atoms with E-state index in [0.29, 0.717) is 24.3 Å². The molecule has 1 aromatic carbocycles. The van der Waals surface area contributed by atoms with Gasteiger partial charge in [-0.15, -0.1) is 11.3 Å². The molecule has 26 heavy (non-hydrogen) atoms. The molecule has 1 N–H and O–H groups in total. The minimum atomic E-state index is -0.510. The van der Waals surface area contributed by atoms with Crippen molar-refractivity contribution in [2.24, 2.45) is 0 Å². The first-order valence-corrected chi connectivity index (χ1v) is 8.83. The highest BCUT2D eigenvalue weighted by Gasteiger charge is 2.12.